The van der Waals surface area contributed by atoms with Gasteiger partial charge >= 0.3 is 0 Å². The Morgan fingerprint density at radius 3 is 2.42 bits per heavy atom. The summed E-state index contributed by atoms with van der Waals surface area (Å²) in [5, 5.41) is 8.38. The normalized spacial score (nSPS) is 11.9. The van der Waals surface area contributed by atoms with E-state index in [-0.39, 0.29) is 13.6 Å². The lowest BCUT2D eigenvalue weighted by molar-refractivity contribution is 0.243. The third-order valence-electron chi connectivity index (χ3n) is 1.01. The van der Waals surface area contributed by atoms with Crippen LogP contribution in [0, 0.1) is 0 Å². The van der Waals surface area contributed by atoms with Crippen LogP contribution in [0.4, 0.5) is 0 Å². The maximum Gasteiger partial charge on any atom is 0.271 e. The SMILES string of the molecule is O=S(=O)(NO)c1cc(Cl)c(Cl)s1. The quantitative estimate of drug-likeness (QED) is 0.783. The van der Waals surface area contributed by atoms with E-state index in [9.17, 15) is 8.42 Å². The lowest BCUT2D eigenvalue weighted by atomic mass is 10.7. The van der Waals surface area contributed by atoms with Crippen LogP contribution < -0.4 is 4.89 Å². The van der Waals surface area contributed by atoms with E-state index in [0.29, 0.717) is 0 Å². The highest BCUT2D eigenvalue weighted by Gasteiger charge is 2.17. The first-order valence-corrected chi connectivity index (χ1v) is 5.63. The van der Waals surface area contributed by atoms with E-state index in [1.54, 1.807) is 0 Å². The Bertz CT molecular complexity index is 366. The van der Waals surface area contributed by atoms with E-state index in [0.717, 1.165) is 22.3 Å². The lowest BCUT2D eigenvalue weighted by Crippen LogP contribution is -2.17. The van der Waals surface area contributed by atoms with Crippen LogP contribution >= 0.6 is 34.5 Å². The zero-order valence-electron chi connectivity index (χ0n) is 5.41. The zero-order chi connectivity index (χ0) is 9.35. The first-order chi connectivity index (χ1) is 5.47. The van der Waals surface area contributed by atoms with Crippen molar-refractivity contribution in [3.63, 3.8) is 0 Å². The van der Waals surface area contributed by atoms with E-state index >= 15 is 0 Å². The molecule has 0 aliphatic rings. The minimum atomic E-state index is -3.84. The summed E-state index contributed by atoms with van der Waals surface area (Å²) in [5.74, 6) is 0. The number of hydrogen-bond donors (Lipinski definition) is 2. The van der Waals surface area contributed by atoms with Gasteiger partial charge in [0.2, 0.25) is 0 Å². The predicted octanol–water partition coefficient (Wildman–Crippen LogP) is 1.72. The molecule has 68 valence electrons. The van der Waals surface area contributed by atoms with E-state index in [1.807, 2.05) is 0 Å². The molecule has 0 saturated heterocycles. The number of rotatable bonds is 2. The molecule has 0 aliphatic carbocycles. The van der Waals surface area contributed by atoms with Crippen molar-refractivity contribution < 1.29 is 13.6 Å². The third-order valence-corrected chi connectivity index (χ3v) is 4.46. The Morgan fingerprint density at radius 1 is 1.50 bits per heavy atom. The number of halogens is 2. The van der Waals surface area contributed by atoms with E-state index in [2.05, 4.69) is 0 Å². The Labute approximate surface area is 82.7 Å². The lowest BCUT2D eigenvalue weighted by Gasteiger charge is -1.93. The topological polar surface area (TPSA) is 66.4 Å². The average Bonchev–Trinajstić information content (AvgIpc) is 2.33. The van der Waals surface area contributed by atoms with Crippen molar-refractivity contribution in [3.05, 3.63) is 15.4 Å². The average molecular weight is 248 g/mol. The Balaban J connectivity index is 3.22. The molecule has 0 aromatic carbocycles. The van der Waals surface area contributed by atoms with Gasteiger partial charge in [0.25, 0.3) is 10.0 Å². The molecule has 1 aromatic heterocycles. The molecule has 1 rings (SSSR count). The molecular formula is C4H3Cl2NO3S2. The fourth-order valence-corrected chi connectivity index (χ4v) is 2.97. The summed E-state index contributed by atoms with van der Waals surface area (Å²) in [5.41, 5.74) is 0. The van der Waals surface area contributed by atoms with Gasteiger partial charge in [0, 0.05) is 0 Å². The van der Waals surface area contributed by atoms with Crippen molar-refractivity contribution in [1.82, 2.24) is 4.89 Å². The van der Waals surface area contributed by atoms with Gasteiger partial charge in [-0.25, -0.2) is 8.42 Å². The molecule has 0 bridgehead atoms. The van der Waals surface area contributed by atoms with Crippen LogP contribution in [0.3, 0.4) is 0 Å². The van der Waals surface area contributed by atoms with Crippen LogP contribution in [-0.4, -0.2) is 13.6 Å². The van der Waals surface area contributed by atoms with Gasteiger partial charge in [-0.1, -0.05) is 28.1 Å². The maximum atomic E-state index is 10.9. The van der Waals surface area contributed by atoms with Gasteiger partial charge < -0.3 is 5.21 Å². The molecule has 0 spiro atoms. The second-order valence-corrected chi connectivity index (χ2v) is 5.73. The van der Waals surface area contributed by atoms with Crippen molar-refractivity contribution in [2.24, 2.45) is 0 Å². The van der Waals surface area contributed by atoms with Crippen molar-refractivity contribution in [2.45, 2.75) is 4.21 Å². The van der Waals surface area contributed by atoms with Gasteiger partial charge in [0.1, 0.15) is 8.55 Å². The summed E-state index contributed by atoms with van der Waals surface area (Å²) >= 11 is 11.8. The first kappa shape index (κ1) is 10.2. The molecule has 0 amide bonds. The van der Waals surface area contributed by atoms with E-state index in [4.69, 9.17) is 28.4 Å². The van der Waals surface area contributed by atoms with E-state index in [1.165, 1.54) is 0 Å². The molecule has 8 heteroatoms. The zero-order valence-corrected chi connectivity index (χ0v) is 8.56. The number of sulfonamides is 1. The van der Waals surface area contributed by atoms with E-state index < -0.39 is 10.0 Å². The molecule has 12 heavy (non-hydrogen) atoms. The van der Waals surface area contributed by atoms with Crippen LogP contribution in [-0.2, 0) is 10.0 Å². The molecule has 1 aromatic rings. The largest absolute Gasteiger partial charge is 0.302 e. The molecule has 0 fully saturated rings. The second kappa shape index (κ2) is 3.49. The van der Waals surface area contributed by atoms with Crippen LogP contribution in [0.1, 0.15) is 0 Å². The summed E-state index contributed by atoms with van der Waals surface area (Å²) < 4.78 is 21.8. The number of thiophene rings is 1. The van der Waals surface area contributed by atoms with Crippen molar-refractivity contribution in [1.29, 1.82) is 0 Å². The van der Waals surface area contributed by atoms with Crippen molar-refractivity contribution in [2.75, 3.05) is 0 Å². The third kappa shape index (κ3) is 1.90. The predicted molar refractivity (Wildman–Crippen MR) is 46.4 cm³/mol. The first-order valence-electron chi connectivity index (χ1n) is 2.58. The summed E-state index contributed by atoms with van der Waals surface area (Å²) in [6.45, 7) is 0. The van der Waals surface area contributed by atoms with Crippen molar-refractivity contribution in [3.8, 4) is 0 Å². The molecule has 0 atom stereocenters. The molecule has 0 aliphatic heterocycles. The molecule has 2 N–H and O–H groups in total. The molecule has 0 unspecified atom stereocenters. The monoisotopic (exact) mass is 247 g/mol. The summed E-state index contributed by atoms with van der Waals surface area (Å²) in [6, 6.07) is 1.16. The minimum Gasteiger partial charge on any atom is -0.302 e. The molecule has 4 nitrogen and oxygen atoms in total. The highest BCUT2D eigenvalue weighted by atomic mass is 35.5. The number of nitrogens with one attached hydrogen (secondary N) is 1. The van der Waals surface area contributed by atoms with Crippen LogP contribution in [0.15, 0.2) is 10.3 Å². The van der Waals surface area contributed by atoms with Gasteiger partial charge in [-0.15, -0.1) is 11.3 Å². The highest BCUT2D eigenvalue weighted by Crippen LogP contribution is 2.33. The van der Waals surface area contributed by atoms with Gasteiger partial charge in [-0.2, -0.15) is 0 Å². The smallest absolute Gasteiger partial charge is 0.271 e. The molecule has 0 saturated carbocycles. The van der Waals surface area contributed by atoms with Gasteiger partial charge in [-0.3, -0.25) is 0 Å². The fraction of sp³-hybridized carbons (Fsp3) is 0. The van der Waals surface area contributed by atoms with Crippen LogP contribution in [0.2, 0.25) is 9.36 Å². The maximum absolute atomic E-state index is 10.9. The highest BCUT2D eigenvalue weighted by molar-refractivity contribution is 7.91. The standard InChI is InChI=1S/C4H3Cl2NO3S2/c5-2-1-3(11-4(2)6)12(9,10)7-8/h1,7-8H. The summed E-state index contributed by atoms with van der Waals surface area (Å²) in [4.78, 5) is 1.16. The summed E-state index contributed by atoms with van der Waals surface area (Å²) in [7, 11) is -3.84. The van der Waals surface area contributed by atoms with Crippen molar-refractivity contribution >= 4 is 44.6 Å². The van der Waals surface area contributed by atoms with Gasteiger partial charge in [0.15, 0.2) is 0 Å². The van der Waals surface area contributed by atoms with Crippen LogP contribution in [0.5, 0.6) is 0 Å². The molecule has 1 heterocycles. The number of hydrogen-bond acceptors (Lipinski definition) is 4. The Morgan fingerprint density at radius 2 is 2.08 bits per heavy atom. The van der Waals surface area contributed by atoms with Gasteiger partial charge in [0.05, 0.1) is 5.02 Å². The summed E-state index contributed by atoms with van der Waals surface area (Å²) in [6.07, 6.45) is 0. The van der Waals surface area contributed by atoms with Gasteiger partial charge in [-0.05, 0) is 6.07 Å². The minimum absolute atomic E-state index is 0.125. The fourth-order valence-electron chi connectivity index (χ4n) is 0.504. The van der Waals surface area contributed by atoms with Crippen LogP contribution in [0.25, 0.3) is 0 Å². The molecule has 0 radical (unpaired) electrons. The Kier molecular flexibility index (Phi) is 2.97. The molecular weight excluding hydrogens is 245 g/mol. The Hall–Kier alpha value is 0.150. The second-order valence-electron chi connectivity index (χ2n) is 1.78.